The van der Waals surface area contributed by atoms with E-state index in [1.54, 1.807) is 6.08 Å². The molecule has 1 radical (unpaired) electrons. The smallest absolute Gasteiger partial charge is 0.0316 e. The summed E-state index contributed by atoms with van der Waals surface area (Å²) in [6.45, 7) is 7.19. The van der Waals surface area contributed by atoms with Gasteiger partial charge in [-0.1, -0.05) is 37.0 Å². The Morgan fingerprint density at radius 2 is 1.80 bits per heavy atom. The molecule has 0 aliphatic carbocycles. The van der Waals surface area contributed by atoms with Crippen molar-refractivity contribution in [2.45, 2.75) is 19.3 Å². The van der Waals surface area contributed by atoms with Crippen LogP contribution < -0.4 is 0 Å². The average Bonchev–Trinajstić information content (AvgIpc) is 1.97. The van der Waals surface area contributed by atoms with Crippen LogP contribution in [0.3, 0.4) is 0 Å². The number of allylic oxidation sites excluding steroid dienone is 5. The third kappa shape index (κ3) is 7.22. The summed E-state index contributed by atoms with van der Waals surface area (Å²) in [5, 5.41) is 0. The summed E-state index contributed by atoms with van der Waals surface area (Å²) in [5.41, 5.74) is 0. The van der Waals surface area contributed by atoms with Crippen LogP contribution in [0.5, 0.6) is 0 Å². The fourth-order valence-corrected chi connectivity index (χ4v) is 0.664. The zero-order valence-corrected chi connectivity index (χ0v) is 6.42. The molecule has 0 fully saturated rings. The van der Waals surface area contributed by atoms with Crippen LogP contribution in [0.25, 0.3) is 0 Å². The van der Waals surface area contributed by atoms with Gasteiger partial charge in [-0.05, 0) is 26.2 Å². The zero-order valence-electron chi connectivity index (χ0n) is 6.42. The number of hydrogen-bond donors (Lipinski definition) is 0. The van der Waals surface area contributed by atoms with Crippen molar-refractivity contribution in [3.63, 3.8) is 0 Å². The lowest BCUT2D eigenvalue weighted by Gasteiger charge is -1.87. The van der Waals surface area contributed by atoms with Crippen LogP contribution in [0.1, 0.15) is 19.3 Å². The van der Waals surface area contributed by atoms with E-state index in [0.717, 1.165) is 12.8 Å². The van der Waals surface area contributed by atoms with Crippen LogP contribution in [0.15, 0.2) is 37.0 Å². The SMILES string of the molecule is [CH2]/C=C/CCC/C=C/C=C. The maximum atomic E-state index is 3.60. The highest BCUT2D eigenvalue weighted by Gasteiger charge is 1.77. The highest BCUT2D eigenvalue weighted by atomic mass is 13.8. The van der Waals surface area contributed by atoms with Gasteiger partial charge in [0, 0.05) is 0 Å². The molecule has 0 N–H and O–H groups in total. The normalized spacial score (nSPS) is 11.3. The maximum Gasteiger partial charge on any atom is -0.0316 e. The van der Waals surface area contributed by atoms with Gasteiger partial charge in [0.1, 0.15) is 0 Å². The standard InChI is InChI=1S/C10H15/c1-3-5-7-9-10-8-6-4-2/h3-7H,1-2,8-10H2/b6-4+,7-5+. The van der Waals surface area contributed by atoms with Crippen molar-refractivity contribution in [2.75, 3.05) is 0 Å². The molecule has 0 amide bonds. The molecule has 0 nitrogen and oxygen atoms in total. The summed E-state index contributed by atoms with van der Waals surface area (Å²) >= 11 is 0. The third-order valence-corrected chi connectivity index (χ3v) is 1.18. The highest BCUT2D eigenvalue weighted by molar-refractivity contribution is 4.97. The Bertz CT molecular complexity index is 118. The Morgan fingerprint density at radius 1 is 1.10 bits per heavy atom. The summed E-state index contributed by atoms with van der Waals surface area (Å²) < 4.78 is 0. The molecule has 0 aliphatic rings. The third-order valence-electron chi connectivity index (χ3n) is 1.18. The lowest BCUT2D eigenvalue weighted by atomic mass is 10.2. The lowest BCUT2D eigenvalue weighted by molar-refractivity contribution is 0.868. The van der Waals surface area contributed by atoms with Gasteiger partial charge in [-0.3, -0.25) is 0 Å². The second-order valence-electron chi connectivity index (χ2n) is 2.07. The number of hydrogen-bond acceptors (Lipinski definition) is 0. The van der Waals surface area contributed by atoms with E-state index in [2.05, 4.69) is 25.7 Å². The van der Waals surface area contributed by atoms with Crippen LogP contribution in [0.2, 0.25) is 0 Å². The molecular formula is C10H15. The van der Waals surface area contributed by atoms with E-state index in [-0.39, 0.29) is 0 Å². The predicted molar refractivity (Wildman–Crippen MR) is 47.7 cm³/mol. The van der Waals surface area contributed by atoms with Crippen molar-refractivity contribution < 1.29 is 0 Å². The molecule has 0 saturated carbocycles. The second-order valence-corrected chi connectivity index (χ2v) is 2.07. The average molecular weight is 135 g/mol. The van der Waals surface area contributed by atoms with E-state index in [4.69, 9.17) is 0 Å². The highest BCUT2D eigenvalue weighted by Crippen LogP contribution is 1.97. The second kappa shape index (κ2) is 8.22. The van der Waals surface area contributed by atoms with Crippen molar-refractivity contribution >= 4 is 0 Å². The molecular weight excluding hydrogens is 120 g/mol. The molecule has 0 spiro atoms. The molecule has 0 unspecified atom stereocenters. The molecule has 0 aromatic rings. The topological polar surface area (TPSA) is 0 Å². The van der Waals surface area contributed by atoms with Crippen LogP contribution in [-0.4, -0.2) is 0 Å². The quantitative estimate of drug-likeness (QED) is 0.401. The maximum absolute atomic E-state index is 3.60. The number of unbranched alkanes of at least 4 members (excludes halogenated alkanes) is 2. The summed E-state index contributed by atoms with van der Waals surface area (Å²) in [6.07, 6.45) is 13.3. The van der Waals surface area contributed by atoms with E-state index in [1.807, 2.05) is 12.2 Å². The van der Waals surface area contributed by atoms with Crippen molar-refractivity contribution in [3.05, 3.63) is 43.9 Å². The largest absolute Gasteiger partial charge is 0.0991 e. The van der Waals surface area contributed by atoms with E-state index in [1.165, 1.54) is 6.42 Å². The molecule has 0 aliphatic heterocycles. The van der Waals surface area contributed by atoms with Gasteiger partial charge in [-0.15, -0.1) is 0 Å². The van der Waals surface area contributed by atoms with Crippen LogP contribution >= 0.6 is 0 Å². The van der Waals surface area contributed by atoms with Gasteiger partial charge in [0.15, 0.2) is 0 Å². The molecule has 10 heavy (non-hydrogen) atoms. The van der Waals surface area contributed by atoms with Crippen molar-refractivity contribution in [2.24, 2.45) is 0 Å². The Balaban J connectivity index is 3.04. The van der Waals surface area contributed by atoms with E-state index in [0.29, 0.717) is 0 Å². The van der Waals surface area contributed by atoms with E-state index >= 15 is 0 Å². The van der Waals surface area contributed by atoms with E-state index < -0.39 is 0 Å². The van der Waals surface area contributed by atoms with Crippen molar-refractivity contribution in [1.29, 1.82) is 0 Å². The molecule has 0 rings (SSSR count). The zero-order chi connectivity index (χ0) is 7.66. The van der Waals surface area contributed by atoms with Crippen LogP contribution in [0.4, 0.5) is 0 Å². The molecule has 0 heterocycles. The van der Waals surface area contributed by atoms with Crippen molar-refractivity contribution in [3.8, 4) is 0 Å². The predicted octanol–water partition coefficient (Wildman–Crippen LogP) is 3.29. The van der Waals surface area contributed by atoms with Crippen molar-refractivity contribution in [1.82, 2.24) is 0 Å². The summed E-state index contributed by atoms with van der Waals surface area (Å²) in [6, 6.07) is 0. The first kappa shape index (κ1) is 9.22. The van der Waals surface area contributed by atoms with Crippen LogP contribution in [-0.2, 0) is 0 Å². The first-order valence-electron chi connectivity index (χ1n) is 3.63. The Morgan fingerprint density at radius 3 is 2.40 bits per heavy atom. The van der Waals surface area contributed by atoms with Gasteiger partial charge in [0.2, 0.25) is 0 Å². The first-order valence-corrected chi connectivity index (χ1v) is 3.63. The van der Waals surface area contributed by atoms with Gasteiger partial charge in [-0.2, -0.15) is 0 Å². The molecule has 0 aromatic heterocycles. The molecule has 0 saturated heterocycles. The van der Waals surface area contributed by atoms with Gasteiger partial charge in [0.05, 0.1) is 0 Å². The van der Waals surface area contributed by atoms with Gasteiger partial charge >= 0.3 is 0 Å². The number of rotatable bonds is 5. The Kier molecular flexibility index (Phi) is 7.58. The summed E-state index contributed by atoms with van der Waals surface area (Å²) in [5.74, 6) is 0. The first-order chi connectivity index (χ1) is 4.91. The van der Waals surface area contributed by atoms with E-state index in [9.17, 15) is 0 Å². The molecule has 55 valence electrons. The molecule has 0 bridgehead atoms. The monoisotopic (exact) mass is 135 g/mol. The minimum atomic E-state index is 1.13. The molecule has 0 aromatic carbocycles. The van der Waals surface area contributed by atoms with Crippen LogP contribution in [0, 0.1) is 6.92 Å². The molecule has 0 heteroatoms. The summed E-state index contributed by atoms with van der Waals surface area (Å²) in [7, 11) is 0. The van der Waals surface area contributed by atoms with Gasteiger partial charge in [0.25, 0.3) is 0 Å². The minimum Gasteiger partial charge on any atom is -0.0991 e. The van der Waals surface area contributed by atoms with Gasteiger partial charge < -0.3 is 0 Å². The fourth-order valence-electron chi connectivity index (χ4n) is 0.664. The fraction of sp³-hybridized carbons (Fsp3) is 0.300. The Hall–Kier alpha value is -0.780. The van der Waals surface area contributed by atoms with Gasteiger partial charge in [-0.25, -0.2) is 0 Å². The molecule has 0 atom stereocenters. The lowest BCUT2D eigenvalue weighted by Crippen LogP contribution is -1.67. The summed E-state index contributed by atoms with van der Waals surface area (Å²) in [4.78, 5) is 0. The Labute approximate surface area is 64.0 Å². The minimum absolute atomic E-state index is 1.13.